The Labute approximate surface area is 415 Å². The van der Waals surface area contributed by atoms with Gasteiger partial charge in [-0.2, -0.15) is 38.8 Å². The summed E-state index contributed by atoms with van der Waals surface area (Å²) < 4.78 is 139. The van der Waals surface area contributed by atoms with E-state index in [1.165, 1.54) is 48.6 Å². The molecule has 0 heterocycles. The van der Waals surface area contributed by atoms with Crippen LogP contribution in [-0.2, 0) is 46.9 Å². The third kappa shape index (κ3) is 11.5. The van der Waals surface area contributed by atoms with Crippen molar-refractivity contribution < 1.29 is 71.7 Å². The number of hydrogen-bond acceptors (Lipinski definition) is 14. The number of nitrogens with zero attached hydrogens (tertiary/aromatic N) is 2. The summed E-state index contributed by atoms with van der Waals surface area (Å²) >= 11 is 0. The molecule has 0 spiro atoms. The molecule has 372 valence electrons. The van der Waals surface area contributed by atoms with Gasteiger partial charge >= 0.3 is 0 Å². The van der Waals surface area contributed by atoms with Gasteiger partial charge in [0.05, 0.1) is 26.9 Å². The lowest BCUT2D eigenvalue weighted by Gasteiger charge is -2.16. The molecule has 0 saturated carbocycles. The quantitative estimate of drug-likeness (QED) is 0.0286. The lowest BCUT2D eigenvalue weighted by molar-refractivity contribution is 0.101. The molecule has 73 heavy (non-hydrogen) atoms. The Morgan fingerprint density at radius 1 is 0.479 bits per heavy atom. The van der Waals surface area contributed by atoms with Crippen LogP contribution in [-0.4, -0.2) is 73.9 Å². The van der Waals surface area contributed by atoms with Gasteiger partial charge in [0.1, 0.15) is 21.2 Å². The van der Waals surface area contributed by atoms with E-state index >= 15 is 0 Å². The molecule has 8 N–H and O–H groups in total. The predicted molar refractivity (Wildman–Crippen MR) is 268 cm³/mol. The number of hydrogen-bond donors (Lipinski definition) is 8. The fourth-order valence-corrected chi connectivity index (χ4v) is 10.1. The molecule has 0 aromatic heterocycles. The van der Waals surface area contributed by atoms with E-state index in [9.17, 15) is 71.7 Å². The van der Waals surface area contributed by atoms with Gasteiger partial charge in [-0.3, -0.25) is 27.8 Å². The van der Waals surface area contributed by atoms with Crippen molar-refractivity contribution in [1.29, 1.82) is 0 Å². The number of azo groups is 1. The van der Waals surface area contributed by atoms with Crippen molar-refractivity contribution in [3.05, 3.63) is 179 Å². The monoisotopic (exact) mass is 1060 g/mol. The van der Waals surface area contributed by atoms with Crippen LogP contribution >= 0.6 is 0 Å². The van der Waals surface area contributed by atoms with Gasteiger partial charge in [0.15, 0.2) is 5.75 Å². The molecule has 0 aliphatic heterocycles. The number of carbonyl (C=O) groups is 2. The maximum absolute atomic E-state index is 13.1. The van der Waals surface area contributed by atoms with Crippen molar-refractivity contribution in [2.24, 2.45) is 10.2 Å². The van der Waals surface area contributed by atoms with Gasteiger partial charge in [0.2, 0.25) is 0 Å². The van der Waals surface area contributed by atoms with Gasteiger partial charge in [0.25, 0.3) is 52.3 Å². The summed E-state index contributed by atoms with van der Waals surface area (Å²) in [6, 6.07) is 33.6. The number of fused-ring (bicyclic) bond motifs is 2. The zero-order valence-corrected chi connectivity index (χ0v) is 40.3. The zero-order chi connectivity index (χ0) is 52.6. The minimum absolute atomic E-state index is 0.128. The first-order chi connectivity index (χ1) is 34.3. The van der Waals surface area contributed by atoms with Crippen LogP contribution in [0.15, 0.2) is 175 Å². The SMILES string of the molecule is O=C(Nc1cc(S(=O)(=O)O)cc2cc(S(=O)(=O)O)c(/C=C/c3ccc(Cc4ccc(/N=N/c5c(S(=O)(=O)O)cc6cc(S(=O)(=O)O)cc(NC(=O)c7ccccc7)c6c5O)cc4)cc3)c(O)c12)c1ccccc1. The summed E-state index contributed by atoms with van der Waals surface area (Å²) in [6.45, 7) is 0. The summed E-state index contributed by atoms with van der Waals surface area (Å²) in [4.78, 5) is 22.9. The predicted octanol–water partition coefficient (Wildman–Crippen LogP) is 9.07. The minimum Gasteiger partial charge on any atom is -0.507 e. The molecule has 2 amide bonds. The van der Waals surface area contributed by atoms with Crippen LogP contribution in [0.2, 0.25) is 0 Å². The van der Waals surface area contributed by atoms with E-state index in [0.717, 1.165) is 47.5 Å². The standard InChI is InChI=1S/C49H36N4O16S4/c54-46-38(41(72(64,65)66)24-33-22-36(70(58,59)60)26-39(43(33)46)50-48(56)31-7-3-1-4-8-31)20-17-28-11-13-29(14-12-28)21-30-15-18-35(19-16-30)52-53-45-42(73(67,68)69)25-34-23-37(71(61,62)63)27-40(44(34)47(45)55)51-49(57)32-9-5-2-6-10-32/h1-20,22-27,54-55H,21H2,(H,50,56)(H,51,57)(H,58,59,60)(H,61,62,63)(H,64,65,66)(H,67,68,69)/b20-17+,53-52+. The third-order valence-electron chi connectivity index (χ3n) is 11.1. The number of rotatable bonds is 14. The van der Waals surface area contributed by atoms with Gasteiger partial charge in [-0.05, 0) is 113 Å². The van der Waals surface area contributed by atoms with E-state index in [1.807, 2.05) is 0 Å². The number of phenols is 2. The van der Waals surface area contributed by atoms with Crippen LogP contribution in [0, 0.1) is 0 Å². The molecule has 0 unspecified atom stereocenters. The molecule has 0 radical (unpaired) electrons. The van der Waals surface area contributed by atoms with Crippen molar-refractivity contribution in [3.8, 4) is 11.5 Å². The average Bonchev–Trinajstić information content (AvgIpc) is 3.33. The van der Waals surface area contributed by atoms with Gasteiger partial charge < -0.3 is 20.8 Å². The summed E-state index contributed by atoms with van der Waals surface area (Å²) in [7, 11) is -20.1. The number of anilines is 2. The number of benzene rings is 8. The van der Waals surface area contributed by atoms with Crippen molar-refractivity contribution in [2.75, 3.05) is 10.6 Å². The van der Waals surface area contributed by atoms with Crippen LogP contribution in [0.25, 0.3) is 33.7 Å². The molecule has 0 atom stereocenters. The zero-order valence-electron chi connectivity index (χ0n) is 37.0. The molecule has 0 aliphatic carbocycles. The van der Waals surface area contributed by atoms with E-state index in [0.29, 0.717) is 12.0 Å². The minimum atomic E-state index is -5.18. The van der Waals surface area contributed by atoms with Gasteiger partial charge in [-0.1, -0.05) is 78.9 Å². The molecule has 8 aromatic rings. The maximum Gasteiger partial charge on any atom is 0.296 e. The summed E-state index contributed by atoms with van der Waals surface area (Å²) in [5.41, 5.74) is 0.601. The van der Waals surface area contributed by atoms with Gasteiger partial charge in [-0.25, -0.2) is 0 Å². The Morgan fingerprint density at radius 3 is 1.37 bits per heavy atom. The van der Waals surface area contributed by atoms with Crippen LogP contribution in [0.1, 0.15) is 43.0 Å². The highest BCUT2D eigenvalue weighted by molar-refractivity contribution is 7.86. The molecule has 24 heteroatoms. The van der Waals surface area contributed by atoms with Gasteiger partial charge in [0, 0.05) is 27.5 Å². The lowest BCUT2D eigenvalue weighted by Crippen LogP contribution is -2.13. The Morgan fingerprint density at radius 2 is 0.918 bits per heavy atom. The fraction of sp³-hybridized carbons (Fsp3) is 0.0204. The van der Waals surface area contributed by atoms with E-state index in [4.69, 9.17) is 0 Å². The molecule has 8 rings (SSSR count). The molecule has 0 fully saturated rings. The van der Waals surface area contributed by atoms with Crippen molar-refractivity contribution in [1.82, 2.24) is 0 Å². The third-order valence-corrected chi connectivity index (χ3v) is 14.5. The molecule has 0 saturated heterocycles. The second kappa shape index (κ2) is 19.8. The van der Waals surface area contributed by atoms with Crippen molar-refractivity contribution >= 4 is 109 Å². The maximum atomic E-state index is 13.1. The first kappa shape index (κ1) is 51.2. The molecule has 0 aliphatic rings. The number of carbonyl (C=O) groups excluding carboxylic acids is 2. The Hall–Kier alpha value is -8.20. The Kier molecular flexibility index (Phi) is 13.9. The van der Waals surface area contributed by atoms with Gasteiger partial charge in [-0.15, -0.1) is 5.11 Å². The highest BCUT2D eigenvalue weighted by Gasteiger charge is 2.28. The smallest absolute Gasteiger partial charge is 0.296 e. The summed E-state index contributed by atoms with van der Waals surface area (Å²) in [6.07, 6.45) is 2.97. The summed E-state index contributed by atoms with van der Waals surface area (Å²) in [5.74, 6) is -3.16. The van der Waals surface area contributed by atoms with E-state index < -0.39 is 94.6 Å². The van der Waals surface area contributed by atoms with E-state index in [2.05, 4.69) is 20.9 Å². The number of nitrogens with one attached hydrogen (secondary N) is 2. The molecular weight excluding hydrogens is 1030 g/mol. The highest BCUT2D eigenvalue weighted by Crippen LogP contribution is 2.46. The molecule has 20 nitrogen and oxygen atoms in total. The topological polar surface area (TPSA) is 341 Å². The normalized spacial score (nSPS) is 12.4. The summed E-state index contributed by atoms with van der Waals surface area (Å²) in [5, 5.41) is 34.8. The van der Waals surface area contributed by atoms with E-state index in [1.54, 1.807) is 72.8 Å². The lowest BCUT2D eigenvalue weighted by atomic mass is 10.0. The van der Waals surface area contributed by atoms with Crippen molar-refractivity contribution in [3.63, 3.8) is 0 Å². The Balaban J connectivity index is 1.05. The second-order valence-electron chi connectivity index (χ2n) is 16.0. The first-order valence-corrected chi connectivity index (χ1v) is 26.7. The average molecular weight is 1070 g/mol. The fourth-order valence-electron chi connectivity index (χ4n) is 7.63. The molecule has 0 bridgehead atoms. The van der Waals surface area contributed by atoms with Crippen LogP contribution < -0.4 is 10.6 Å². The van der Waals surface area contributed by atoms with Crippen LogP contribution in [0.5, 0.6) is 11.5 Å². The molecule has 8 aromatic carbocycles. The van der Waals surface area contributed by atoms with E-state index in [-0.39, 0.29) is 49.7 Å². The number of amides is 2. The number of phenolic OH excluding ortho intramolecular Hbond substituents is 2. The highest BCUT2D eigenvalue weighted by atomic mass is 32.2. The number of aromatic hydroxyl groups is 2. The molecular formula is C49H36N4O16S4. The van der Waals surface area contributed by atoms with Crippen LogP contribution in [0.3, 0.4) is 0 Å². The van der Waals surface area contributed by atoms with Crippen LogP contribution in [0.4, 0.5) is 22.7 Å². The Bertz CT molecular complexity index is 3820. The first-order valence-electron chi connectivity index (χ1n) is 20.9. The largest absolute Gasteiger partial charge is 0.507 e. The van der Waals surface area contributed by atoms with Crippen molar-refractivity contribution in [2.45, 2.75) is 26.0 Å². The second-order valence-corrected chi connectivity index (χ2v) is 21.6.